The highest BCUT2D eigenvalue weighted by molar-refractivity contribution is 8.16. The Hall–Kier alpha value is -2.17. The molecule has 1 amide bonds. The number of Topliss-reactive ketones (excluding diaryl/α,β-unsaturated/α-hetero) is 1. The number of aliphatic imine (C=N–C) groups is 1. The number of thioether (sulfide) groups is 1. The van der Waals surface area contributed by atoms with Crippen molar-refractivity contribution >= 4 is 28.5 Å². The third kappa shape index (κ3) is 5.66. The van der Waals surface area contributed by atoms with Crippen molar-refractivity contribution < 1.29 is 18.7 Å². The molecule has 1 aromatic heterocycles. The van der Waals surface area contributed by atoms with E-state index in [0.717, 1.165) is 18.2 Å². The summed E-state index contributed by atoms with van der Waals surface area (Å²) in [5, 5.41) is 3.02. The van der Waals surface area contributed by atoms with Crippen molar-refractivity contribution in [1.82, 2.24) is 5.32 Å². The molecule has 0 fully saturated rings. The number of nitrogens with two attached hydrogens (primary N) is 2. The Morgan fingerprint density at radius 3 is 2.82 bits per heavy atom. The first-order chi connectivity index (χ1) is 13.3. The highest BCUT2D eigenvalue weighted by atomic mass is 32.2. The van der Waals surface area contributed by atoms with E-state index < -0.39 is 23.2 Å². The van der Waals surface area contributed by atoms with Gasteiger partial charge in [0.2, 0.25) is 0 Å². The van der Waals surface area contributed by atoms with Crippen LogP contribution in [0.4, 0.5) is 0 Å². The van der Waals surface area contributed by atoms with E-state index in [0.29, 0.717) is 31.7 Å². The average Bonchev–Trinajstić information content (AvgIpc) is 3.05. The van der Waals surface area contributed by atoms with Gasteiger partial charge in [-0.2, -0.15) is 0 Å². The Bertz CT molecular complexity index is 809. The zero-order chi connectivity index (χ0) is 20.7. The normalized spacial score (nSPS) is 19.8. The number of nitrogens with zero attached hydrogens (tertiary/aromatic N) is 1. The summed E-state index contributed by atoms with van der Waals surface area (Å²) in [4.78, 5) is 40.2. The number of ether oxygens (including phenoxy) is 1. The molecule has 0 unspecified atom stereocenters. The first kappa shape index (κ1) is 22.1. The van der Waals surface area contributed by atoms with Gasteiger partial charge in [0, 0.05) is 18.7 Å². The molecule has 28 heavy (non-hydrogen) atoms. The van der Waals surface area contributed by atoms with Crippen LogP contribution in [0.5, 0.6) is 5.75 Å². The maximum absolute atomic E-state index is 12.7. The smallest absolute Gasteiger partial charge is 0.339 e. The molecule has 9 nitrogen and oxygen atoms in total. The van der Waals surface area contributed by atoms with Gasteiger partial charge < -0.3 is 20.2 Å². The van der Waals surface area contributed by atoms with Gasteiger partial charge in [-0.1, -0.05) is 25.1 Å². The van der Waals surface area contributed by atoms with Crippen molar-refractivity contribution in [1.29, 1.82) is 0 Å². The lowest BCUT2D eigenvalue weighted by Crippen LogP contribution is -2.54. The number of hydrogen-bond acceptors (Lipinski definition) is 9. The second-order valence-corrected chi connectivity index (χ2v) is 7.47. The molecule has 0 saturated heterocycles. The fraction of sp³-hybridized carbons (Fsp3) is 0.556. The van der Waals surface area contributed by atoms with Gasteiger partial charge in [-0.15, -0.1) is 0 Å². The second kappa shape index (κ2) is 9.85. The van der Waals surface area contributed by atoms with Crippen LogP contribution in [0.25, 0.3) is 0 Å². The number of carbonyl (C=O) groups is 2. The number of amides is 1. The fourth-order valence-electron chi connectivity index (χ4n) is 2.58. The molecule has 0 aromatic carbocycles. The van der Waals surface area contributed by atoms with Gasteiger partial charge in [0.15, 0.2) is 11.4 Å². The lowest BCUT2D eigenvalue weighted by atomic mass is 10.1. The molecule has 1 aromatic rings. The Morgan fingerprint density at radius 2 is 2.21 bits per heavy atom. The monoisotopic (exact) mass is 410 g/mol. The average molecular weight is 410 g/mol. The van der Waals surface area contributed by atoms with Crippen molar-refractivity contribution in [3.8, 4) is 5.75 Å². The number of nitrogens with one attached hydrogen (secondary N) is 1. The van der Waals surface area contributed by atoms with Crippen LogP contribution in [0.2, 0.25) is 0 Å². The Labute approximate surface area is 167 Å². The van der Waals surface area contributed by atoms with E-state index in [4.69, 9.17) is 20.6 Å². The molecule has 10 heteroatoms. The lowest BCUT2D eigenvalue weighted by molar-refractivity contribution is -0.126. The molecule has 2 heterocycles. The second-order valence-electron chi connectivity index (χ2n) is 6.51. The molecule has 2 rings (SSSR count). The SMILES string of the molecule is CCC[C@@H](NC(=O)[C@]1(N)CSC(C(C)=O)=N1)c1cc(OCCCN)cc(=O)o1. The number of hydrogen-bond donors (Lipinski definition) is 3. The van der Waals surface area contributed by atoms with Crippen LogP contribution in [0.15, 0.2) is 26.3 Å². The molecule has 1 aliphatic heterocycles. The quantitative estimate of drug-likeness (QED) is 0.477. The van der Waals surface area contributed by atoms with E-state index in [1.165, 1.54) is 13.0 Å². The number of carbonyl (C=O) groups excluding carboxylic acids is 2. The summed E-state index contributed by atoms with van der Waals surface area (Å²) in [5.41, 5.74) is 9.42. The van der Waals surface area contributed by atoms with E-state index in [2.05, 4.69) is 10.3 Å². The van der Waals surface area contributed by atoms with Gasteiger partial charge in [-0.25, -0.2) is 9.79 Å². The first-order valence-electron chi connectivity index (χ1n) is 9.10. The topological polar surface area (TPSA) is 150 Å². The zero-order valence-corrected chi connectivity index (χ0v) is 16.8. The van der Waals surface area contributed by atoms with Gasteiger partial charge in [0.05, 0.1) is 18.7 Å². The molecule has 5 N–H and O–H groups in total. The highest BCUT2D eigenvalue weighted by Gasteiger charge is 2.41. The largest absolute Gasteiger partial charge is 0.493 e. The molecule has 154 valence electrons. The van der Waals surface area contributed by atoms with Crippen LogP contribution in [0.3, 0.4) is 0 Å². The minimum Gasteiger partial charge on any atom is -0.493 e. The van der Waals surface area contributed by atoms with E-state index >= 15 is 0 Å². The van der Waals surface area contributed by atoms with Crippen LogP contribution in [0.1, 0.15) is 44.9 Å². The fourth-order valence-corrected chi connectivity index (χ4v) is 3.56. The van der Waals surface area contributed by atoms with Crippen molar-refractivity contribution in [2.24, 2.45) is 16.5 Å². The van der Waals surface area contributed by atoms with Crippen molar-refractivity contribution in [3.05, 3.63) is 28.3 Å². The standard InChI is InChI=1S/C18H26N4O5S/c1-3-5-13(14-8-12(9-15(24)27-14)26-7-4-6-19)21-17(25)18(20)10-28-16(22-18)11(2)23/h8-9,13H,3-7,10,19-20H2,1-2H3,(H,21,25)/t13-,18+/m1/s1. The summed E-state index contributed by atoms with van der Waals surface area (Å²) in [6.45, 7) is 4.16. The predicted molar refractivity (Wildman–Crippen MR) is 107 cm³/mol. The summed E-state index contributed by atoms with van der Waals surface area (Å²) in [6, 6.07) is 2.24. The highest BCUT2D eigenvalue weighted by Crippen LogP contribution is 2.27. The molecule has 0 aliphatic carbocycles. The summed E-state index contributed by atoms with van der Waals surface area (Å²) in [7, 11) is 0. The van der Waals surface area contributed by atoms with Gasteiger partial charge >= 0.3 is 5.63 Å². The Kier molecular flexibility index (Phi) is 7.78. The zero-order valence-electron chi connectivity index (χ0n) is 16.0. The van der Waals surface area contributed by atoms with Crippen LogP contribution in [-0.4, -0.2) is 41.3 Å². The summed E-state index contributed by atoms with van der Waals surface area (Å²) in [6.07, 6.45) is 1.89. The molecule has 0 saturated carbocycles. The summed E-state index contributed by atoms with van der Waals surface area (Å²) in [5.74, 6) is 0.0235. The third-order valence-electron chi connectivity index (χ3n) is 4.03. The van der Waals surface area contributed by atoms with E-state index in [-0.39, 0.29) is 22.3 Å². The molecule has 2 atom stereocenters. The first-order valence-corrected chi connectivity index (χ1v) is 10.1. The lowest BCUT2D eigenvalue weighted by Gasteiger charge is -2.24. The molecule has 1 aliphatic rings. The molecule has 0 bridgehead atoms. The van der Waals surface area contributed by atoms with Crippen molar-refractivity contribution in [3.63, 3.8) is 0 Å². The van der Waals surface area contributed by atoms with Crippen LogP contribution < -0.4 is 27.1 Å². The Morgan fingerprint density at radius 1 is 1.46 bits per heavy atom. The summed E-state index contributed by atoms with van der Waals surface area (Å²) >= 11 is 1.15. The van der Waals surface area contributed by atoms with Crippen LogP contribution in [0, 0.1) is 0 Å². The van der Waals surface area contributed by atoms with Crippen molar-refractivity contribution in [2.45, 2.75) is 44.8 Å². The molecular weight excluding hydrogens is 384 g/mol. The van der Waals surface area contributed by atoms with E-state index in [1.54, 1.807) is 6.07 Å². The van der Waals surface area contributed by atoms with Gasteiger partial charge in [-0.05, 0) is 19.4 Å². The van der Waals surface area contributed by atoms with Crippen LogP contribution >= 0.6 is 11.8 Å². The van der Waals surface area contributed by atoms with E-state index in [1.807, 2.05) is 6.92 Å². The predicted octanol–water partition coefficient (Wildman–Crippen LogP) is 0.714. The number of ketones is 1. The van der Waals surface area contributed by atoms with E-state index in [9.17, 15) is 14.4 Å². The van der Waals surface area contributed by atoms with Gasteiger partial charge in [0.1, 0.15) is 16.6 Å². The molecule has 0 radical (unpaired) electrons. The van der Waals surface area contributed by atoms with Crippen LogP contribution in [-0.2, 0) is 9.59 Å². The minimum absolute atomic E-state index is 0.165. The Balaban J connectivity index is 2.20. The maximum atomic E-state index is 12.7. The third-order valence-corrected chi connectivity index (χ3v) is 5.27. The number of rotatable bonds is 10. The summed E-state index contributed by atoms with van der Waals surface area (Å²) < 4.78 is 10.8. The van der Waals surface area contributed by atoms with Crippen molar-refractivity contribution in [2.75, 3.05) is 18.9 Å². The van der Waals surface area contributed by atoms with Gasteiger partial charge in [-0.3, -0.25) is 15.3 Å². The van der Waals surface area contributed by atoms with Gasteiger partial charge in [0.25, 0.3) is 5.91 Å². The molecule has 0 spiro atoms. The molecular formula is C18H26N4O5S. The maximum Gasteiger partial charge on any atom is 0.339 e. The minimum atomic E-state index is -1.53.